The second-order valence-electron chi connectivity index (χ2n) is 5.41. The number of hydrazone groups is 1. The molecule has 0 unspecified atom stereocenters. The van der Waals surface area contributed by atoms with Gasteiger partial charge in [-0.2, -0.15) is 5.10 Å². The molecular formula is C18H19ClN2O4. The zero-order valence-corrected chi connectivity index (χ0v) is 14.9. The number of ether oxygens (including phenoxy) is 2. The number of methoxy groups -OCH3 is 1. The fourth-order valence-electron chi connectivity index (χ4n) is 2.07. The number of amides is 1. The van der Waals surface area contributed by atoms with Crippen molar-refractivity contribution >= 4 is 23.7 Å². The van der Waals surface area contributed by atoms with Gasteiger partial charge in [-0.15, -0.1) is 0 Å². The number of rotatable bonds is 6. The minimum atomic E-state index is -0.578. The zero-order valence-electron chi connectivity index (χ0n) is 14.1. The van der Waals surface area contributed by atoms with Crippen LogP contribution in [0.4, 0.5) is 0 Å². The smallest absolute Gasteiger partial charge is 0.275 e. The van der Waals surface area contributed by atoms with Crippen molar-refractivity contribution in [3.05, 3.63) is 52.5 Å². The van der Waals surface area contributed by atoms with E-state index in [0.29, 0.717) is 22.1 Å². The van der Waals surface area contributed by atoms with Crippen molar-refractivity contribution < 1.29 is 19.4 Å². The summed E-state index contributed by atoms with van der Waals surface area (Å²) in [7, 11) is 1.55. The number of nitrogens with zero attached hydrogens (tertiary/aromatic N) is 1. The first-order valence-electron chi connectivity index (χ1n) is 7.58. The average Bonchev–Trinajstić information content (AvgIpc) is 2.57. The number of halogens is 1. The third kappa shape index (κ3) is 4.87. The molecule has 2 N–H and O–H groups in total. The molecular weight excluding hydrogens is 344 g/mol. The van der Waals surface area contributed by atoms with Gasteiger partial charge in [0.2, 0.25) is 0 Å². The standard InChI is InChI=1S/C18H19ClN2O4/c1-11(2)25-17-12(5-4-6-16(17)24-3)10-20-21-18(23)14-9-13(19)7-8-15(14)22/h4-11,22H,1-3H3,(H,21,23)/b20-10-. The van der Waals surface area contributed by atoms with Gasteiger partial charge in [0.1, 0.15) is 5.75 Å². The van der Waals surface area contributed by atoms with E-state index in [2.05, 4.69) is 10.5 Å². The van der Waals surface area contributed by atoms with Crippen molar-refractivity contribution in [2.45, 2.75) is 20.0 Å². The number of carbonyl (C=O) groups is 1. The van der Waals surface area contributed by atoms with Crippen molar-refractivity contribution in [3.63, 3.8) is 0 Å². The van der Waals surface area contributed by atoms with Crippen molar-refractivity contribution in [2.75, 3.05) is 7.11 Å². The van der Waals surface area contributed by atoms with Crippen LogP contribution >= 0.6 is 11.6 Å². The van der Waals surface area contributed by atoms with Gasteiger partial charge in [-0.1, -0.05) is 17.7 Å². The summed E-state index contributed by atoms with van der Waals surface area (Å²) in [6.45, 7) is 3.80. The summed E-state index contributed by atoms with van der Waals surface area (Å²) in [5.74, 6) is 0.341. The molecule has 0 fully saturated rings. The van der Waals surface area contributed by atoms with E-state index in [9.17, 15) is 9.90 Å². The second-order valence-corrected chi connectivity index (χ2v) is 5.84. The molecule has 0 radical (unpaired) electrons. The number of aromatic hydroxyl groups is 1. The number of nitrogens with one attached hydrogen (secondary N) is 1. The fourth-order valence-corrected chi connectivity index (χ4v) is 2.24. The van der Waals surface area contributed by atoms with Gasteiger partial charge in [0.05, 0.1) is 25.0 Å². The summed E-state index contributed by atoms with van der Waals surface area (Å²) in [5, 5.41) is 14.0. The molecule has 25 heavy (non-hydrogen) atoms. The van der Waals surface area contributed by atoms with Crippen molar-refractivity contribution in [1.29, 1.82) is 0 Å². The number of para-hydroxylation sites is 1. The quantitative estimate of drug-likeness (QED) is 0.607. The Morgan fingerprint density at radius 2 is 2.08 bits per heavy atom. The molecule has 0 bridgehead atoms. The molecule has 0 aliphatic carbocycles. The maximum Gasteiger partial charge on any atom is 0.275 e. The van der Waals surface area contributed by atoms with Gasteiger partial charge in [-0.25, -0.2) is 5.43 Å². The molecule has 7 heteroatoms. The molecule has 132 valence electrons. The number of hydrogen-bond acceptors (Lipinski definition) is 5. The lowest BCUT2D eigenvalue weighted by Gasteiger charge is -2.15. The molecule has 6 nitrogen and oxygen atoms in total. The van der Waals surface area contributed by atoms with E-state index in [1.807, 2.05) is 13.8 Å². The number of carbonyl (C=O) groups excluding carboxylic acids is 1. The Labute approximate surface area is 151 Å². The molecule has 2 rings (SSSR count). The minimum Gasteiger partial charge on any atom is -0.507 e. The Kier molecular flexibility index (Phi) is 6.25. The van der Waals surface area contributed by atoms with Crippen LogP contribution in [-0.2, 0) is 0 Å². The van der Waals surface area contributed by atoms with Crippen LogP contribution in [0.5, 0.6) is 17.2 Å². The fraction of sp³-hybridized carbons (Fsp3) is 0.222. The molecule has 2 aromatic rings. The summed E-state index contributed by atoms with van der Waals surface area (Å²) in [4.78, 5) is 12.1. The van der Waals surface area contributed by atoms with Gasteiger partial charge < -0.3 is 14.6 Å². The van der Waals surface area contributed by atoms with Gasteiger partial charge >= 0.3 is 0 Å². The Balaban J connectivity index is 2.19. The van der Waals surface area contributed by atoms with E-state index in [0.717, 1.165) is 0 Å². The monoisotopic (exact) mass is 362 g/mol. The molecule has 0 heterocycles. The Bertz CT molecular complexity index is 791. The maximum atomic E-state index is 12.1. The Morgan fingerprint density at radius 1 is 1.32 bits per heavy atom. The Morgan fingerprint density at radius 3 is 2.76 bits per heavy atom. The highest BCUT2D eigenvalue weighted by atomic mass is 35.5. The molecule has 0 saturated heterocycles. The average molecular weight is 363 g/mol. The van der Waals surface area contributed by atoms with E-state index in [1.54, 1.807) is 25.3 Å². The van der Waals surface area contributed by atoms with E-state index in [4.69, 9.17) is 21.1 Å². The van der Waals surface area contributed by atoms with Crippen LogP contribution in [0, 0.1) is 0 Å². The van der Waals surface area contributed by atoms with Gasteiger partial charge in [-0.05, 0) is 44.2 Å². The molecule has 0 aromatic heterocycles. The van der Waals surface area contributed by atoms with Crippen molar-refractivity contribution in [1.82, 2.24) is 5.43 Å². The number of phenols is 1. The predicted octanol–water partition coefficient (Wildman–Crippen LogP) is 3.61. The largest absolute Gasteiger partial charge is 0.507 e. The van der Waals surface area contributed by atoms with Crippen LogP contribution in [0.1, 0.15) is 29.8 Å². The lowest BCUT2D eigenvalue weighted by molar-refractivity contribution is 0.0952. The molecule has 2 aromatic carbocycles. The van der Waals surface area contributed by atoms with Crippen LogP contribution in [0.15, 0.2) is 41.5 Å². The third-order valence-corrected chi connectivity index (χ3v) is 3.39. The first-order chi connectivity index (χ1) is 11.9. The first kappa shape index (κ1) is 18.6. The van der Waals surface area contributed by atoms with Crippen LogP contribution < -0.4 is 14.9 Å². The lowest BCUT2D eigenvalue weighted by Crippen LogP contribution is -2.18. The molecule has 0 saturated carbocycles. The maximum absolute atomic E-state index is 12.1. The molecule has 0 atom stereocenters. The van der Waals surface area contributed by atoms with E-state index in [1.165, 1.54) is 24.4 Å². The lowest BCUT2D eigenvalue weighted by atomic mass is 10.2. The summed E-state index contributed by atoms with van der Waals surface area (Å²) < 4.78 is 11.0. The number of hydrogen-bond donors (Lipinski definition) is 2. The summed E-state index contributed by atoms with van der Waals surface area (Å²) in [6.07, 6.45) is 1.39. The molecule has 0 aliphatic heterocycles. The molecule has 0 spiro atoms. The van der Waals surface area contributed by atoms with Crippen LogP contribution in [0.25, 0.3) is 0 Å². The van der Waals surface area contributed by atoms with Crippen LogP contribution in [0.2, 0.25) is 5.02 Å². The highest BCUT2D eigenvalue weighted by Gasteiger charge is 2.12. The van der Waals surface area contributed by atoms with Crippen molar-refractivity contribution in [3.8, 4) is 17.2 Å². The van der Waals surface area contributed by atoms with E-state index < -0.39 is 5.91 Å². The van der Waals surface area contributed by atoms with Crippen LogP contribution in [0.3, 0.4) is 0 Å². The predicted molar refractivity (Wildman–Crippen MR) is 96.9 cm³/mol. The summed E-state index contributed by atoms with van der Waals surface area (Å²) in [6, 6.07) is 9.54. The zero-order chi connectivity index (χ0) is 18.4. The molecule has 0 aliphatic rings. The Hall–Kier alpha value is -2.73. The van der Waals surface area contributed by atoms with Gasteiger partial charge in [0.15, 0.2) is 11.5 Å². The molecule has 1 amide bonds. The van der Waals surface area contributed by atoms with E-state index in [-0.39, 0.29) is 17.4 Å². The summed E-state index contributed by atoms with van der Waals surface area (Å²) in [5.41, 5.74) is 3.03. The topological polar surface area (TPSA) is 80.2 Å². The van der Waals surface area contributed by atoms with Gasteiger partial charge in [0.25, 0.3) is 5.91 Å². The third-order valence-electron chi connectivity index (χ3n) is 3.16. The second kappa shape index (κ2) is 8.39. The van der Waals surface area contributed by atoms with E-state index >= 15 is 0 Å². The first-order valence-corrected chi connectivity index (χ1v) is 7.95. The summed E-state index contributed by atoms with van der Waals surface area (Å²) >= 11 is 5.83. The van der Waals surface area contributed by atoms with Crippen molar-refractivity contribution in [2.24, 2.45) is 5.10 Å². The van der Waals surface area contributed by atoms with Gasteiger partial charge in [0, 0.05) is 10.6 Å². The number of phenolic OH excluding ortho intramolecular Hbond substituents is 1. The normalized spacial score (nSPS) is 10.9. The van der Waals surface area contributed by atoms with Gasteiger partial charge in [-0.3, -0.25) is 4.79 Å². The highest BCUT2D eigenvalue weighted by molar-refractivity contribution is 6.31. The minimum absolute atomic E-state index is 0.0361. The van der Waals surface area contributed by atoms with Crippen LogP contribution in [-0.4, -0.2) is 30.4 Å². The number of benzene rings is 2. The SMILES string of the molecule is COc1cccc(/C=N\NC(=O)c2cc(Cl)ccc2O)c1OC(C)C. The highest BCUT2D eigenvalue weighted by Crippen LogP contribution is 2.31.